The van der Waals surface area contributed by atoms with Crippen LogP contribution in [0, 0.1) is 11.8 Å². The fourth-order valence-corrected chi connectivity index (χ4v) is 4.48. The van der Waals surface area contributed by atoms with E-state index in [1.807, 2.05) is 28.0 Å². The molecule has 0 aliphatic carbocycles. The fourth-order valence-electron chi connectivity index (χ4n) is 4.48. The van der Waals surface area contributed by atoms with Crippen LogP contribution in [-0.4, -0.2) is 57.9 Å². The molecular formula is C23H27N3O3. The largest absolute Gasteiger partial charge is 0.508 e. The van der Waals surface area contributed by atoms with Gasteiger partial charge in [-0.15, -0.1) is 0 Å². The first-order valence-electron chi connectivity index (χ1n) is 10.3. The van der Waals surface area contributed by atoms with E-state index in [1.54, 1.807) is 30.6 Å². The summed E-state index contributed by atoms with van der Waals surface area (Å²) in [5.74, 6) is 1.39. The number of aromatic hydroxyl groups is 1. The number of likely N-dealkylation sites (tertiary alicyclic amines) is 2. The van der Waals surface area contributed by atoms with Crippen molar-refractivity contribution in [3.63, 3.8) is 0 Å². The van der Waals surface area contributed by atoms with Crippen LogP contribution in [0.4, 0.5) is 0 Å². The number of hydrogen-bond acceptors (Lipinski definition) is 4. The number of aromatic nitrogens is 1. The molecule has 2 atom stereocenters. The van der Waals surface area contributed by atoms with Gasteiger partial charge >= 0.3 is 0 Å². The highest BCUT2D eigenvalue weighted by atomic mass is 16.3. The van der Waals surface area contributed by atoms with Gasteiger partial charge < -0.3 is 14.9 Å². The molecule has 1 aromatic heterocycles. The van der Waals surface area contributed by atoms with E-state index in [0.29, 0.717) is 31.1 Å². The molecule has 29 heavy (non-hydrogen) atoms. The van der Waals surface area contributed by atoms with E-state index in [2.05, 4.69) is 4.98 Å². The summed E-state index contributed by atoms with van der Waals surface area (Å²) in [7, 11) is 0. The average Bonchev–Trinajstić information content (AvgIpc) is 3.30. The van der Waals surface area contributed by atoms with Gasteiger partial charge in [0.1, 0.15) is 5.75 Å². The molecule has 0 saturated carbocycles. The van der Waals surface area contributed by atoms with Crippen LogP contribution in [-0.2, 0) is 22.4 Å². The van der Waals surface area contributed by atoms with E-state index < -0.39 is 0 Å². The van der Waals surface area contributed by atoms with Crippen LogP contribution < -0.4 is 0 Å². The molecule has 2 fully saturated rings. The second-order valence-electron chi connectivity index (χ2n) is 8.14. The van der Waals surface area contributed by atoms with Crippen molar-refractivity contribution in [1.29, 1.82) is 0 Å². The first-order chi connectivity index (χ1) is 14.1. The second-order valence-corrected chi connectivity index (χ2v) is 8.14. The molecule has 6 heteroatoms. The third kappa shape index (κ3) is 4.75. The van der Waals surface area contributed by atoms with Gasteiger partial charge in [0.15, 0.2) is 0 Å². The van der Waals surface area contributed by atoms with E-state index in [1.165, 1.54) is 0 Å². The van der Waals surface area contributed by atoms with Gasteiger partial charge in [-0.2, -0.15) is 0 Å². The summed E-state index contributed by atoms with van der Waals surface area (Å²) in [5, 5.41) is 9.54. The SMILES string of the molecule is O=C(CCc1ccncc1)N1C[C@@H]2CN(C(=O)CCc3cccc(O)c3)C[C@@H]2C1. The molecular weight excluding hydrogens is 366 g/mol. The van der Waals surface area contributed by atoms with Gasteiger partial charge in [-0.05, 0) is 48.2 Å². The van der Waals surface area contributed by atoms with E-state index >= 15 is 0 Å². The van der Waals surface area contributed by atoms with Crippen LogP contribution in [0.1, 0.15) is 24.0 Å². The highest BCUT2D eigenvalue weighted by molar-refractivity contribution is 5.78. The summed E-state index contributed by atoms with van der Waals surface area (Å²) in [6, 6.07) is 11.0. The minimum atomic E-state index is 0.165. The van der Waals surface area contributed by atoms with Crippen LogP contribution in [0.2, 0.25) is 0 Å². The molecule has 2 aliphatic rings. The van der Waals surface area contributed by atoms with Crippen LogP contribution in [0.25, 0.3) is 0 Å². The van der Waals surface area contributed by atoms with Gasteiger partial charge in [-0.1, -0.05) is 12.1 Å². The normalized spacial score (nSPS) is 20.7. The number of fused-ring (bicyclic) bond motifs is 1. The number of amides is 2. The lowest BCUT2D eigenvalue weighted by atomic mass is 10.0. The Morgan fingerprint density at radius 2 is 1.41 bits per heavy atom. The molecule has 2 aliphatic heterocycles. The fraction of sp³-hybridized carbons (Fsp3) is 0.435. The first-order valence-corrected chi connectivity index (χ1v) is 10.3. The summed E-state index contributed by atoms with van der Waals surface area (Å²) in [5.41, 5.74) is 2.11. The Bertz CT molecular complexity index is 857. The molecule has 1 aromatic carbocycles. The third-order valence-corrected chi connectivity index (χ3v) is 6.11. The number of phenolic OH excluding ortho intramolecular Hbond substituents is 1. The minimum Gasteiger partial charge on any atom is -0.508 e. The van der Waals surface area contributed by atoms with Crippen molar-refractivity contribution in [2.45, 2.75) is 25.7 Å². The average molecular weight is 393 g/mol. The highest BCUT2D eigenvalue weighted by Gasteiger charge is 2.42. The van der Waals surface area contributed by atoms with Crippen LogP contribution in [0.15, 0.2) is 48.8 Å². The van der Waals surface area contributed by atoms with Crippen molar-refractivity contribution >= 4 is 11.8 Å². The number of carbonyl (C=O) groups excluding carboxylic acids is 2. The standard InChI is InChI=1S/C23H27N3O3/c27-21-3-1-2-18(12-21)5-7-23(29)26-15-19-13-25(14-20(19)16-26)22(28)6-4-17-8-10-24-11-9-17/h1-3,8-12,19-20,27H,4-7,13-16H2/t19-,20+. The molecule has 3 heterocycles. The first kappa shape index (κ1) is 19.4. The Hall–Kier alpha value is -2.89. The number of carbonyl (C=O) groups is 2. The van der Waals surface area contributed by atoms with Crippen molar-refractivity contribution < 1.29 is 14.7 Å². The van der Waals surface area contributed by atoms with Crippen molar-refractivity contribution in [3.8, 4) is 5.75 Å². The van der Waals surface area contributed by atoms with E-state index in [9.17, 15) is 14.7 Å². The highest BCUT2D eigenvalue weighted by Crippen LogP contribution is 2.32. The zero-order valence-electron chi connectivity index (χ0n) is 16.5. The summed E-state index contributed by atoms with van der Waals surface area (Å²) in [6.45, 7) is 3.02. The lowest BCUT2D eigenvalue weighted by molar-refractivity contribution is -0.131. The maximum Gasteiger partial charge on any atom is 0.222 e. The van der Waals surface area contributed by atoms with Crippen LogP contribution in [0.3, 0.4) is 0 Å². The van der Waals surface area contributed by atoms with Gasteiger partial charge in [0.05, 0.1) is 0 Å². The van der Waals surface area contributed by atoms with E-state index in [4.69, 9.17) is 0 Å². The van der Waals surface area contributed by atoms with Gasteiger partial charge in [0, 0.05) is 63.3 Å². The Kier molecular flexibility index (Phi) is 5.79. The molecule has 2 aromatic rings. The maximum absolute atomic E-state index is 12.6. The zero-order chi connectivity index (χ0) is 20.2. The van der Waals surface area contributed by atoms with Crippen molar-refractivity contribution in [1.82, 2.24) is 14.8 Å². The number of aryl methyl sites for hydroxylation is 2. The Balaban J connectivity index is 1.22. The lowest BCUT2D eigenvalue weighted by Crippen LogP contribution is -2.35. The van der Waals surface area contributed by atoms with Gasteiger partial charge in [-0.25, -0.2) is 0 Å². The van der Waals surface area contributed by atoms with Gasteiger partial charge in [0.2, 0.25) is 11.8 Å². The topological polar surface area (TPSA) is 73.7 Å². The predicted octanol–water partition coefficient (Wildman–Crippen LogP) is 2.27. The Morgan fingerprint density at radius 1 is 0.862 bits per heavy atom. The lowest BCUT2D eigenvalue weighted by Gasteiger charge is -2.22. The number of rotatable bonds is 6. The molecule has 0 unspecified atom stereocenters. The van der Waals surface area contributed by atoms with Crippen molar-refractivity contribution in [3.05, 3.63) is 59.9 Å². The Labute approximate surface area is 171 Å². The van der Waals surface area contributed by atoms with E-state index in [0.717, 1.165) is 43.7 Å². The molecule has 1 N–H and O–H groups in total. The number of pyridine rings is 1. The summed E-state index contributed by atoms with van der Waals surface area (Å²) in [6.07, 6.45) is 5.87. The second kappa shape index (κ2) is 8.64. The number of nitrogens with zero attached hydrogens (tertiary/aromatic N) is 3. The van der Waals surface area contributed by atoms with Gasteiger partial charge in [-0.3, -0.25) is 14.6 Å². The third-order valence-electron chi connectivity index (χ3n) is 6.11. The number of hydrogen-bond donors (Lipinski definition) is 1. The molecule has 0 spiro atoms. The van der Waals surface area contributed by atoms with Crippen LogP contribution >= 0.6 is 0 Å². The molecule has 0 radical (unpaired) electrons. The predicted molar refractivity (Wildman–Crippen MR) is 109 cm³/mol. The monoisotopic (exact) mass is 393 g/mol. The van der Waals surface area contributed by atoms with E-state index in [-0.39, 0.29) is 17.6 Å². The summed E-state index contributed by atoms with van der Waals surface area (Å²) in [4.78, 5) is 33.1. The molecule has 2 saturated heterocycles. The van der Waals surface area contributed by atoms with Crippen molar-refractivity contribution in [2.75, 3.05) is 26.2 Å². The maximum atomic E-state index is 12.6. The Morgan fingerprint density at radius 3 is 1.97 bits per heavy atom. The number of benzene rings is 1. The summed E-state index contributed by atoms with van der Waals surface area (Å²) >= 11 is 0. The quantitative estimate of drug-likeness (QED) is 0.817. The molecule has 2 amide bonds. The minimum absolute atomic E-state index is 0.165. The van der Waals surface area contributed by atoms with Crippen LogP contribution in [0.5, 0.6) is 5.75 Å². The molecule has 152 valence electrons. The smallest absolute Gasteiger partial charge is 0.222 e. The zero-order valence-corrected chi connectivity index (χ0v) is 16.5. The summed E-state index contributed by atoms with van der Waals surface area (Å²) < 4.78 is 0. The van der Waals surface area contributed by atoms with Gasteiger partial charge in [0.25, 0.3) is 0 Å². The molecule has 4 rings (SSSR count). The number of phenols is 1. The molecule has 6 nitrogen and oxygen atoms in total. The molecule has 0 bridgehead atoms. The van der Waals surface area contributed by atoms with Crippen molar-refractivity contribution in [2.24, 2.45) is 11.8 Å².